The summed E-state index contributed by atoms with van der Waals surface area (Å²) in [6.45, 7) is 5.42. The summed E-state index contributed by atoms with van der Waals surface area (Å²) in [7, 11) is 0. The normalized spacial score (nSPS) is 11.6. The van der Waals surface area contributed by atoms with E-state index in [1.807, 2.05) is 43.3 Å². The van der Waals surface area contributed by atoms with E-state index in [2.05, 4.69) is 0 Å². The van der Waals surface area contributed by atoms with Crippen molar-refractivity contribution < 1.29 is 10.2 Å². The van der Waals surface area contributed by atoms with Gasteiger partial charge in [0.05, 0.1) is 5.60 Å². The van der Waals surface area contributed by atoms with Crippen molar-refractivity contribution in [3.05, 3.63) is 53.6 Å². The van der Waals surface area contributed by atoms with Gasteiger partial charge in [-0.25, -0.2) is 0 Å². The highest BCUT2D eigenvalue weighted by Crippen LogP contribution is 2.33. The van der Waals surface area contributed by atoms with Crippen molar-refractivity contribution in [2.75, 3.05) is 0 Å². The van der Waals surface area contributed by atoms with E-state index in [9.17, 15) is 10.2 Å². The summed E-state index contributed by atoms with van der Waals surface area (Å²) in [5.41, 5.74) is 2.83. The van der Waals surface area contributed by atoms with Crippen molar-refractivity contribution in [1.82, 2.24) is 0 Å². The zero-order chi connectivity index (χ0) is 13.3. The molecule has 0 heterocycles. The second-order valence-electron chi connectivity index (χ2n) is 5.11. The minimum atomic E-state index is -0.887. The van der Waals surface area contributed by atoms with Crippen molar-refractivity contribution in [2.24, 2.45) is 0 Å². The Morgan fingerprint density at radius 2 is 1.67 bits per heavy atom. The lowest BCUT2D eigenvalue weighted by molar-refractivity contribution is 0.0792. The molecule has 0 unspecified atom stereocenters. The number of rotatable bonds is 2. The van der Waals surface area contributed by atoms with Crippen molar-refractivity contribution >= 4 is 0 Å². The molecule has 18 heavy (non-hydrogen) atoms. The number of hydrogen-bond donors (Lipinski definition) is 2. The Hall–Kier alpha value is -1.80. The van der Waals surface area contributed by atoms with Gasteiger partial charge in [0.15, 0.2) is 0 Å². The van der Waals surface area contributed by atoms with E-state index in [0.717, 1.165) is 22.3 Å². The Balaban J connectivity index is 2.61. The minimum Gasteiger partial charge on any atom is -0.508 e. The molecule has 0 bridgehead atoms. The van der Waals surface area contributed by atoms with Crippen molar-refractivity contribution in [2.45, 2.75) is 26.4 Å². The van der Waals surface area contributed by atoms with Gasteiger partial charge in [-0.15, -0.1) is 0 Å². The van der Waals surface area contributed by atoms with Crippen LogP contribution in [0, 0.1) is 6.92 Å². The van der Waals surface area contributed by atoms with Gasteiger partial charge in [-0.05, 0) is 55.2 Å². The number of benzene rings is 2. The number of phenols is 1. The minimum absolute atomic E-state index is 0.291. The van der Waals surface area contributed by atoms with Gasteiger partial charge in [0.25, 0.3) is 0 Å². The summed E-state index contributed by atoms with van der Waals surface area (Å²) in [4.78, 5) is 0. The van der Waals surface area contributed by atoms with E-state index >= 15 is 0 Å². The molecule has 0 amide bonds. The number of hydrogen-bond acceptors (Lipinski definition) is 2. The fourth-order valence-corrected chi connectivity index (χ4v) is 2.09. The standard InChI is InChI=1S/C16H18O2/c1-11-10-12(8-9-15(11)17)13-6-4-5-7-14(13)16(2,3)18/h4-10,17-18H,1-3H3. The van der Waals surface area contributed by atoms with E-state index < -0.39 is 5.60 Å². The SMILES string of the molecule is Cc1cc(-c2ccccc2C(C)(C)O)ccc1O. The Kier molecular flexibility index (Phi) is 3.14. The van der Waals surface area contributed by atoms with Crippen LogP contribution >= 0.6 is 0 Å². The predicted octanol–water partition coefficient (Wildman–Crippen LogP) is 3.60. The molecule has 0 aliphatic rings. The number of aromatic hydroxyl groups is 1. The first-order valence-corrected chi connectivity index (χ1v) is 6.01. The van der Waals surface area contributed by atoms with Crippen LogP contribution in [0.1, 0.15) is 25.0 Å². The van der Waals surface area contributed by atoms with Gasteiger partial charge >= 0.3 is 0 Å². The topological polar surface area (TPSA) is 40.5 Å². The molecule has 0 atom stereocenters. The monoisotopic (exact) mass is 242 g/mol. The number of aliphatic hydroxyl groups is 1. The number of aryl methyl sites for hydroxylation is 1. The van der Waals surface area contributed by atoms with Gasteiger partial charge in [-0.1, -0.05) is 30.3 Å². The van der Waals surface area contributed by atoms with Crippen LogP contribution in [-0.2, 0) is 5.60 Å². The first-order valence-electron chi connectivity index (χ1n) is 6.01. The van der Waals surface area contributed by atoms with E-state index in [1.165, 1.54) is 0 Å². The van der Waals surface area contributed by atoms with Gasteiger partial charge in [-0.3, -0.25) is 0 Å². The summed E-state index contributed by atoms with van der Waals surface area (Å²) in [5, 5.41) is 19.8. The van der Waals surface area contributed by atoms with Crippen molar-refractivity contribution in [1.29, 1.82) is 0 Å². The van der Waals surface area contributed by atoms with E-state index in [0.29, 0.717) is 5.75 Å². The molecule has 2 heteroatoms. The Bertz CT molecular complexity index is 566. The molecule has 2 aromatic rings. The molecular weight excluding hydrogens is 224 g/mol. The van der Waals surface area contributed by atoms with Crippen molar-refractivity contribution in [3.8, 4) is 16.9 Å². The summed E-state index contributed by atoms with van der Waals surface area (Å²) in [5.74, 6) is 0.291. The van der Waals surface area contributed by atoms with Gasteiger partial charge in [-0.2, -0.15) is 0 Å². The molecule has 0 radical (unpaired) electrons. The number of phenolic OH excluding ortho intramolecular Hbond substituents is 1. The maximum absolute atomic E-state index is 10.2. The molecule has 0 saturated carbocycles. The van der Waals surface area contributed by atoms with Crippen LogP contribution in [0.25, 0.3) is 11.1 Å². The predicted molar refractivity (Wildman–Crippen MR) is 73.5 cm³/mol. The maximum atomic E-state index is 10.2. The Morgan fingerprint density at radius 1 is 1.00 bits per heavy atom. The quantitative estimate of drug-likeness (QED) is 0.844. The largest absolute Gasteiger partial charge is 0.508 e. The van der Waals surface area contributed by atoms with Crippen LogP contribution < -0.4 is 0 Å². The lowest BCUT2D eigenvalue weighted by Gasteiger charge is -2.22. The smallest absolute Gasteiger partial charge is 0.118 e. The molecule has 2 rings (SSSR count). The molecule has 0 fully saturated rings. The average molecular weight is 242 g/mol. The molecule has 0 aliphatic heterocycles. The highest BCUT2D eigenvalue weighted by Gasteiger charge is 2.20. The van der Waals surface area contributed by atoms with Crippen LogP contribution in [0.4, 0.5) is 0 Å². The molecule has 0 aliphatic carbocycles. The van der Waals surface area contributed by atoms with Gasteiger partial charge in [0.1, 0.15) is 5.75 Å². The van der Waals surface area contributed by atoms with Gasteiger partial charge < -0.3 is 10.2 Å². The molecule has 2 N–H and O–H groups in total. The van der Waals surface area contributed by atoms with Crippen LogP contribution in [-0.4, -0.2) is 10.2 Å². The summed E-state index contributed by atoms with van der Waals surface area (Å²) >= 11 is 0. The first kappa shape index (κ1) is 12.7. The van der Waals surface area contributed by atoms with Gasteiger partial charge in [0, 0.05) is 0 Å². The second kappa shape index (κ2) is 4.46. The van der Waals surface area contributed by atoms with Crippen LogP contribution in [0.5, 0.6) is 5.75 Å². The molecule has 2 aromatic carbocycles. The van der Waals surface area contributed by atoms with E-state index in [4.69, 9.17) is 0 Å². The third kappa shape index (κ3) is 2.39. The summed E-state index contributed by atoms with van der Waals surface area (Å²) < 4.78 is 0. The van der Waals surface area contributed by atoms with Crippen LogP contribution in [0.3, 0.4) is 0 Å². The second-order valence-corrected chi connectivity index (χ2v) is 5.11. The molecule has 2 nitrogen and oxygen atoms in total. The van der Waals surface area contributed by atoms with E-state index in [-0.39, 0.29) is 0 Å². The van der Waals surface area contributed by atoms with E-state index in [1.54, 1.807) is 19.9 Å². The fourth-order valence-electron chi connectivity index (χ4n) is 2.09. The molecule has 0 aromatic heterocycles. The highest BCUT2D eigenvalue weighted by atomic mass is 16.3. The third-order valence-electron chi connectivity index (χ3n) is 3.09. The Labute approximate surface area is 108 Å². The molecule has 94 valence electrons. The Morgan fingerprint density at radius 3 is 2.28 bits per heavy atom. The third-order valence-corrected chi connectivity index (χ3v) is 3.09. The summed E-state index contributed by atoms with van der Waals surface area (Å²) in [6.07, 6.45) is 0. The fraction of sp³-hybridized carbons (Fsp3) is 0.250. The van der Waals surface area contributed by atoms with Gasteiger partial charge in [0.2, 0.25) is 0 Å². The molecular formula is C16H18O2. The lowest BCUT2D eigenvalue weighted by Crippen LogP contribution is -2.16. The molecule has 0 spiro atoms. The van der Waals surface area contributed by atoms with Crippen LogP contribution in [0.15, 0.2) is 42.5 Å². The van der Waals surface area contributed by atoms with Crippen molar-refractivity contribution in [3.63, 3.8) is 0 Å². The van der Waals surface area contributed by atoms with Crippen LogP contribution in [0.2, 0.25) is 0 Å². The highest BCUT2D eigenvalue weighted by molar-refractivity contribution is 5.70. The molecule has 0 saturated heterocycles. The maximum Gasteiger partial charge on any atom is 0.118 e. The average Bonchev–Trinajstić information content (AvgIpc) is 2.32. The zero-order valence-corrected chi connectivity index (χ0v) is 10.9. The summed E-state index contributed by atoms with van der Waals surface area (Å²) in [6, 6.07) is 13.3. The first-order chi connectivity index (χ1) is 8.39. The zero-order valence-electron chi connectivity index (χ0n) is 10.9. The lowest BCUT2D eigenvalue weighted by atomic mass is 9.89.